The fraction of sp³-hybridized carbons (Fsp3) is 0.538. The van der Waals surface area contributed by atoms with Crippen molar-refractivity contribution in [2.75, 3.05) is 33.4 Å². The molecule has 0 saturated carbocycles. The van der Waals surface area contributed by atoms with Gasteiger partial charge in [-0.3, -0.25) is 9.88 Å². The topological polar surface area (TPSA) is 80.5 Å². The lowest BCUT2D eigenvalue weighted by Gasteiger charge is -2.19. The van der Waals surface area contributed by atoms with Gasteiger partial charge in [-0.05, 0) is 11.6 Å². The normalized spacial score (nSPS) is 22.9. The molecule has 2 atom stereocenters. The molecule has 6 nitrogen and oxygen atoms in total. The highest BCUT2D eigenvalue weighted by Crippen LogP contribution is 2.28. The number of aromatic nitrogens is 1. The van der Waals surface area contributed by atoms with Gasteiger partial charge < -0.3 is 15.8 Å². The number of urea groups is 1. The Morgan fingerprint density at radius 2 is 2.45 bits per heavy atom. The second-order valence-electron chi connectivity index (χ2n) is 4.87. The van der Waals surface area contributed by atoms with E-state index in [1.165, 1.54) is 6.20 Å². The van der Waals surface area contributed by atoms with E-state index in [9.17, 15) is 9.18 Å². The third-order valence-electron chi connectivity index (χ3n) is 3.54. The van der Waals surface area contributed by atoms with Crippen molar-refractivity contribution in [3.63, 3.8) is 0 Å². The number of rotatable bonds is 5. The van der Waals surface area contributed by atoms with Gasteiger partial charge in [0.2, 0.25) is 0 Å². The number of carbonyl (C=O) groups is 1. The summed E-state index contributed by atoms with van der Waals surface area (Å²) in [4.78, 5) is 17.0. The van der Waals surface area contributed by atoms with Gasteiger partial charge in [-0.25, -0.2) is 9.18 Å². The van der Waals surface area contributed by atoms with Crippen molar-refractivity contribution in [2.45, 2.75) is 12.0 Å². The van der Waals surface area contributed by atoms with Crippen molar-refractivity contribution in [1.29, 1.82) is 0 Å². The minimum absolute atomic E-state index is 0.137. The van der Waals surface area contributed by atoms with Crippen molar-refractivity contribution in [2.24, 2.45) is 5.73 Å². The predicted octanol–water partition coefficient (Wildman–Crippen LogP) is 0.303. The molecule has 1 fully saturated rings. The summed E-state index contributed by atoms with van der Waals surface area (Å²) in [6.07, 6.45) is 2.74. The van der Waals surface area contributed by atoms with Crippen molar-refractivity contribution in [1.82, 2.24) is 15.2 Å². The zero-order valence-corrected chi connectivity index (χ0v) is 11.4. The van der Waals surface area contributed by atoms with E-state index in [1.54, 1.807) is 19.4 Å². The SMILES string of the molecule is COCCN1C[C@@H](NC(N)=O)[C@H](c2ccncc2F)C1. The average molecular weight is 282 g/mol. The summed E-state index contributed by atoms with van der Waals surface area (Å²) < 4.78 is 18.9. The molecule has 0 radical (unpaired) electrons. The molecular formula is C13H19FN4O2. The van der Waals surface area contributed by atoms with Crippen LogP contribution in [0.15, 0.2) is 18.5 Å². The Hall–Kier alpha value is -1.73. The van der Waals surface area contributed by atoms with Crippen LogP contribution in [0, 0.1) is 5.82 Å². The molecule has 2 heterocycles. The Bertz CT molecular complexity index is 471. The molecule has 0 bridgehead atoms. The molecule has 0 unspecified atom stereocenters. The van der Waals surface area contributed by atoms with Gasteiger partial charge in [0.15, 0.2) is 0 Å². The summed E-state index contributed by atoms with van der Waals surface area (Å²) in [5.41, 5.74) is 5.75. The standard InChI is InChI=1S/C13H19FN4O2/c1-20-5-4-18-7-10(12(8-18)17-13(15)19)9-2-3-16-6-11(9)14/h2-3,6,10,12H,4-5,7-8H2,1H3,(H3,15,17,19)/t10-,12+/m0/s1. The number of nitrogens with two attached hydrogens (primary N) is 1. The first-order chi connectivity index (χ1) is 9.61. The van der Waals surface area contributed by atoms with Crippen LogP contribution in [0.2, 0.25) is 0 Å². The first-order valence-electron chi connectivity index (χ1n) is 6.48. The monoisotopic (exact) mass is 282 g/mol. The van der Waals surface area contributed by atoms with E-state index in [1.807, 2.05) is 0 Å². The number of primary amides is 1. The van der Waals surface area contributed by atoms with E-state index in [2.05, 4.69) is 15.2 Å². The van der Waals surface area contributed by atoms with Crippen molar-refractivity contribution < 1.29 is 13.9 Å². The number of amides is 2. The fourth-order valence-electron chi connectivity index (χ4n) is 2.62. The lowest BCUT2D eigenvalue weighted by molar-refractivity contribution is 0.159. The molecule has 110 valence electrons. The largest absolute Gasteiger partial charge is 0.383 e. The highest BCUT2D eigenvalue weighted by molar-refractivity contribution is 5.72. The molecule has 7 heteroatoms. The van der Waals surface area contributed by atoms with Crippen LogP contribution >= 0.6 is 0 Å². The highest BCUT2D eigenvalue weighted by Gasteiger charge is 2.35. The molecule has 1 aromatic rings. The van der Waals surface area contributed by atoms with E-state index < -0.39 is 6.03 Å². The first-order valence-corrected chi connectivity index (χ1v) is 6.48. The van der Waals surface area contributed by atoms with Crippen molar-refractivity contribution in [3.8, 4) is 0 Å². The molecule has 3 N–H and O–H groups in total. The lowest BCUT2D eigenvalue weighted by Crippen LogP contribution is -2.43. The molecule has 20 heavy (non-hydrogen) atoms. The molecule has 2 amide bonds. The third kappa shape index (κ3) is 3.43. The van der Waals surface area contributed by atoms with Crippen LogP contribution < -0.4 is 11.1 Å². The van der Waals surface area contributed by atoms with Crippen molar-refractivity contribution in [3.05, 3.63) is 29.8 Å². The zero-order valence-electron chi connectivity index (χ0n) is 11.4. The molecule has 1 aliphatic heterocycles. The molecule has 1 aliphatic rings. The van der Waals surface area contributed by atoms with Crippen LogP contribution in [-0.2, 0) is 4.74 Å². The van der Waals surface area contributed by atoms with Gasteiger partial charge in [0, 0.05) is 38.9 Å². The maximum absolute atomic E-state index is 13.9. The lowest BCUT2D eigenvalue weighted by atomic mass is 9.95. The van der Waals surface area contributed by atoms with Crippen molar-refractivity contribution >= 4 is 6.03 Å². The molecule has 0 aliphatic carbocycles. The van der Waals surface area contributed by atoms with Crippen LogP contribution in [0.5, 0.6) is 0 Å². The average Bonchev–Trinajstić information content (AvgIpc) is 2.79. The molecule has 0 aromatic carbocycles. The zero-order chi connectivity index (χ0) is 14.5. The maximum Gasteiger partial charge on any atom is 0.312 e. The number of carbonyl (C=O) groups excluding carboxylic acids is 1. The minimum atomic E-state index is -0.594. The fourth-order valence-corrected chi connectivity index (χ4v) is 2.62. The maximum atomic E-state index is 13.9. The smallest absolute Gasteiger partial charge is 0.312 e. The number of hydrogen-bond donors (Lipinski definition) is 2. The Morgan fingerprint density at radius 3 is 3.10 bits per heavy atom. The summed E-state index contributed by atoms with van der Waals surface area (Å²) in [6.45, 7) is 2.60. The Balaban J connectivity index is 2.15. The second kappa shape index (κ2) is 6.62. The predicted molar refractivity (Wildman–Crippen MR) is 71.8 cm³/mol. The van der Waals surface area contributed by atoms with E-state index in [0.29, 0.717) is 25.3 Å². The van der Waals surface area contributed by atoms with Gasteiger partial charge in [-0.15, -0.1) is 0 Å². The number of methoxy groups -OCH3 is 1. The Morgan fingerprint density at radius 1 is 1.65 bits per heavy atom. The minimum Gasteiger partial charge on any atom is -0.383 e. The molecule has 1 saturated heterocycles. The highest BCUT2D eigenvalue weighted by atomic mass is 19.1. The molecular weight excluding hydrogens is 263 g/mol. The van der Waals surface area contributed by atoms with Gasteiger partial charge in [-0.1, -0.05) is 0 Å². The number of nitrogens with one attached hydrogen (secondary N) is 1. The number of likely N-dealkylation sites (tertiary alicyclic amines) is 1. The number of hydrogen-bond acceptors (Lipinski definition) is 4. The number of nitrogens with zero attached hydrogens (tertiary/aromatic N) is 2. The van der Waals surface area contributed by atoms with E-state index in [0.717, 1.165) is 6.54 Å². The van der Waals surface area contributed by atoms with Crippen LogP contribution in [0.4, 0.5) is 9.18 Å². The number of halogens is 1. The number of ether oxygens (including phenoxy) is 1. The molecule has 0 spiro atoms. The summed E-state index contributed by atoms with van der Waals surface area (Å²) in [7, 11) is 1.63. The Labute approximate surface area is 117 Å². The van der Waals surface area contributed by atoms with Gasteiger partial charge in [0.05, 0.1) is 18.8 Å². The van der Waals surface area contributed by atoms with E-state index in [4.69, 9.17) is 10.5 Å². The Kier molecular flexibility index (Phi) is 4.86. The number of pyridine rings is 1. The second-order valence-corrected chi connectivity index (χ2v) is 4.87. The first kappa shape index (κ1) is 14.7. The van der Waals surface area contributed by atoms with E-state index >= 15 is 0 Å². The summed E-state index contributed by atoms with van der Waals surface area (Å²) in [5.74, 6) is -0.496. The molecule has 1 aromatic heterocycles. The van der Waals surface area contributed by atoms with Crippen LogP contribution in [0.1, 0.15) is 11.5 Å². The van der Waals surface area contributed by atoms with E-state index in [-0.39, 0.29) is 17.8 Å². The third-order valence-corrected chi connectivity index (χ3v) is 3.54. The summed E-state index contributed by atoms with van der Waals surface area (Å²) in [5, 5.41) is 2.69. The van der Waals surface area contributed by atoms with Gasteiger partial charge in [0.1, 0.15) is 5.82 Å². The summed E-state index contributed by atoms with van der Waals surface area (Å²) in [6, 6.07) is 0.847. The van der Waals surface area contributed by atoms with Gasteiger partial charge in [0.25, 0.3) is 0 Å². The van der Waals surface area contributed by atoms with Gasteiger partial charge >= 0.3 is 6.03 Å². The van der Waals surface area contributed by atoms with Gasteiger partial charge in [-0.2, -0.15) is 0 Å². The quantitative estimate of drug-likeness (QED) is 0.814. The van der Waals surface area contributed by atoms with Crippen LogP contribution in [0.3, 0.4) is 0 Å². The van der Waals surface area contributed by atoms with Crippen LogP contribution in [0.25, 0.3) is 0 Å². The van der Waals surface area contributed by atoms with Crippen LogP contribution in [-0.4, -0.2) is 55.3 Å². The summed E-state index contributed by atoms with van der Waals surface area (Å²) >= 11 is 0. The molecule has 2 rings (SSSR count).